The number of hydrogen-bond acceptors (Lipinski definition) is 6. The van der Waals surface area contributed by atoms with Gasteiger partial charge in [0.25, 0.3) is 11.8 Å². The third-order valence-corrected chi connectivity index (χ3v) is 5.40. The number of carbonyl (C=O) groups excluding carboxylic acids is 2. The molecule has 1 aliphatic rings. The van der Waals surface area contributed by atoms with Crippen LogP contribution < -0.4 is 10.1 Å². The average Bonchev–Trinajstić information content (AvgIpc) is 3.34. The average molecular weight is 492 g/mol. The molecule has 0 saturated carbocycles. The standard InChI is InChI=1S/C26H22F2N4O4/c1-35-20-10-7-18(8-11-20)24-14-23(17-5-3-2-4-6-17)31-32(24)26(34)16-36-29-15-25(33)30-22-12-9-19(27)13-21(22)28/h2-13,15,24H,14,16H2,1H3,(H,30,33). The molecule has 1 N–H and O–H groups in total. The summed E-state index contributed by atoms with van der Waals surface area (Å²) in [6.07, 6.45) is 1.25. The molecule has 0 aliphatic carbocycles. The molecule has 184 valence electrons. The second-order valence-corrected chi connectivity index (χ2v) is 7.77. The second-order valence-electron chi connectivity index (χ2n) is 7.77. The number of ether oxygens (including phenoxy) is 1. The fourth-order valence-corrected chi connectivity index (χ4v) is 3.63. The molecule has 0 fully saturated rings. The van der Waals surface area contributed by atoms with E-state index in [1.807, 2.05) is 54.6 Å². The Bertz CT molecular complexity index is 1300. The van der Waals surface area contributed by atoms with Crippen molar-refractivity contribution >= 4 is 29.4 Å². The lowest BCUT2D eigenvalue weighted by Crippen LogP contribution is -2.30. The van der Waals surface area contributed by atoms with Crippen LogP contribution in [0.2, 0.25) is 0 Å². The number of methoxy groups -OCH3 is 1. The molecule has 3 aromatic rings. The summed E-state index contributed by atoms with van der Waals surface area (Å²) in [5.74, 6) is -2.29. The molecular weight excluding hydrogens is 470 g/mol. The van der Waals surface area contributed by atoms with Crippen LogP contribution in [0, 0.1) is 11.6 Å². The summed E-state index contributed by atoms with van der Waals surface area (Å²) in [6.45, 7) is -0.479. The summed E-state index contributed by atoms with van der Waals surface area (Å²) in [6, 6.07) is 19.2. The van der Waals surface area contributed by atoms with Gasteiger partial charge in [0.2, 0.25) is 0 Å². The van der Waals surface area contributed by atoms with Crippen LogP contribution in [0.3, 0.4) is 0 Å². The number of halogens is 2. The predicted octanol–water partition coefficient (Wildman–Crippen LogP) is 4.29. The van der Waals surface area contributed by atoms with Gasteiger partial charge in [0, 0.05) is 12.5 Å². The number of benzene rings is 3. The topological polar surface area (TPSA) is 92.6 Å². The smallest absolute Gasteiger partial charge is 0.283 e. The maximum atomic E-state index is 13.7. The van der Waals surface area contributed by atoms with Gasteiger partial charge in [0.1, 0.15) is 23.6 Å². The monoisotopic (exact) mass is 492 g/mol. The fourth-order valence-electron chi connectivity index (χ4n) is 3.63. The van der Waals surface area contributed by atoms with E-state index in [-0.39, 0.29) is 11.7 Å². The number of nitrogens with one attached hydrogen (secondary N) is 1. The lowest BCUT2D eigenvalue weighted by molar-refractivity contribution is -0.138. The number of nitrogens with zero attached hydrogens (tertiary/aromatic N) is 3. The van der Waals surface area contributed by atoms with Gasteiger partial charge in [-0.25, -0.2) is 13.8 Å². The molecule has 0 aromatic heterocycles. The third-order valence-electron chi connectivity index (χ3n) is 5.40. The van der Waals surface area contributed by atoms with Crippen LogP contribution in [0.4, 0.5) is 14.5 Å². The number of hydrogen-bond donors (Lipinski definition) is 1. The minimum absolute atomic E-state index is 0.217. The zero-order valence-corrected chi connectivity index (χ0v) is 19.2. The second kappa shape index (κ2) is 11.2. The van der Waals surface area contributed by atoms with E-state index in [9.17, 15) is 18.4 Å². The van der Waals surface area contributed by atoms with Crippen LogP contribution >= 0.6 is 0 Å². The molecule has 3 aromatic carbocycles. The quantitative estimate of drug-likeness (QED) is 0.375. The van der Waals surface area contributed by atoms with Gasteiger partial charge >= 0.3 is 0 Å². The van der Waals surface area contributed by atoms with Crippen molar-refractivity contribution in [3.05, 3.63) is 95.6 Å². The summed E-state index contributed by atoms with van der Waals surface area (Å²) in [4.78, 5) is 29.9. The summed E-state index contributed by atoms with van der Waals surface area (Å²) >= 11 is 0. The van der Waals surface area contributed by atoms with Gasteiger partial charge in [-0.15, -0.1) is 0 Å². The number of carbonyl (C=O) groups is 2. The molecule has 8 nitrogen and oxygen atoms in total. The summed E-state index contributed by atoms with van der Waals surface area (Å²) < 4.78 is 31.8. The number of rotatable bonds is 8. The van der Waals surface area contributed by atoms with Crippen LogP contribution in [-0.4, -0.2) is 42.5 Å². The highest BCUT2D eigenvalue weighted by atomic mass is 19.1. The molecule has 2 amide bonds. The molecule has 1 aliphatic heterocycles. The number of anilines is 1. The molecule has 36 heavy (non-hydrogen) atoms. The lowest BCUT2D eigenvalue weighted by Gasteiger charge is -2.21. The van der Waals surface area contributed by atoms with E-state index < -0.39 is 30.1 Å². The maximum absolute atomic E-state index is 13.7. The van der Waals surface area contributed by atoms with E-state index in [4.69, 9.17) is 9.57 Å². The molecule has 0 spiro atoms. The van der Waals surface area contributed by atoms with Crippen LogP contribution in [0.25, 0.3) is 0 Å². The van der Waals surface area contributed by atoms with Crippen LogP contribution in [0.15, 0.2) is 83.1 Å². The lowest BCUT2D eigenvalue weighted by atomic mass is 9.98. The Hall–Kier alpha value is -4.60. The van der Waals surface area contributed by atoms with E-state index in [0.29, 0.717) is 18.2 Å². The summed E-state index contributed by atoms with van der Waals surface area (Å²) in [5.41, 5.74) is 2.29. The van der Waals surface area contributed by atoms with Gasteiger partial charge in [-0.3, -0.25) is 9.59 Å². The van der Waals surface area contributed by atoms with Crippen molar-refractivity contribution in [1.29, 1.82) is 0 Å². The van der Waals surface area contributed by atoms with Gasteiger partial charge in [0.15, 0.2) is 6.61 Å². The fraction of sp³-hybridized carbons (Fsp3) is 0.154. The Morgan fingerprint density at radius 3 is 2.56 bits per heavy atom. The predicted molar refractivity (Wildman–Crippen MR) is 130 cm³/mol. The normalized spacial score (nSPS) is 15.0. The van der Waals surface area contributed by atoms with E-state index in [1.165, 1.54) is 5.01 Å². The highest BCUT2D eigenvalue weighted by Gasteiger charge is 2.33. The molecule has 1 unspecified atom stereocenters. The Balaban J connectivity index is 1.41. The van der Waals surface area contributed by atoms with Gasteiger partial charge in [-0.2, -0.15) is 5.10 Å². The molecule has 10 heteroatoms. The Kier molecular flexibility index (Phi) is 7.64. The highest BCUT2D eigenvalue weighted by Crippen LogP contribution is 2.33. The molecule has 1 atom stereocenters. The molecule has 0 radical (unpaired) electrons. The van der Waals surface area contributed by atoms with Crippen LogP contribution in [-0.2, 0) is 14.4 Å². The first kappa shape index (κ1) is 24.5. The van der Waals surface area contributed by atoms with Crippen molar-refractivity contribution in [2.24, 2.45) is 10.3 Å². The molecule has 0 saturated heterocycles. The van der Waals surface area contributed by atoms with E-state index in [0.717, 1.165) is 35.2 Å². The van der Waals surface area contributed by atoms with Gasteiger partial charge in [-0.1, -0.05) is 47.6 Å². The van der Waals surface area contributed by atoms with E-state index in [2.05, 4.69) is 15.6 Å². The number of amides is 2. The maximum Gasteiger partial charge on any atom is 0.283 e. The molecule has 0 bridgehead atoms. The first-order valence-corrected chi connectivity index (χ1v) is 10.9. The Labute approximate surface area is 205 Å². The minimum Gasteiger partial charge on any atom is -0.497 e. The van der Waals surface area contributed by atoms with Gasteiger partial charge in [0.05, 0.1) is 24.6 Å². The van der Waals surface area contributed by atoms with Gasteiger partial charge < -0.3 is 14.9 Å². The van der Waals surface area contributed by atoms with Crippen molar-refractivity contribution in [2.45, 2.75) is 12.5 Å². The molecule has 4 rings (SSSR count). The molecule has 1 heterocycles. The number of hydrazone groups is 1. The molecular formula is C26H22F2N4O4. The van der Waals surface area contributed by atoms with Crippen molar-refractivity contribution in [3.8, 4) is 5.75 Å². The van der Waals surface area contributed by atoms with Crippen molar-refractivity contribution in [1.82, 2.24) is 5.01 Å². The Morgan fingerprint density at radius 1 is 1.11 bits per heavy atom. The largest absolute Gasteiger partial charge is 0.497 e. The minimum atomic E-state index is -0.932. The first-order chi connectivity index (χ1) is 17.4. The zero-order valence-electron chi connectivity index (χ0n) is 19.2. The van der Waals surface area contributed by atoms with E-state index >= 15 is 0 Å². The summed E-state index contributed by atoms with van der Waals surface area (Å²) in [7, 11) is 1.57. The zero-order chi connectivity index (χ0) is 25.5. The summed E-state index contributed by atoms with van der Waals surface area (Å²) in [5, 5.41) is 11.6. The number of oxime groups is 1. The van der Waals surface area contributed by atoms with Crippen molar-refractivity contribution < 1.29 is 27.9 Å². The van der Waals surface area contributed by atoms with Gasteiger partial charge in [-0.05, 0) is 35.4 Å². The SMILES string of the molecule is COc1ccc(C2CC(c3ccccc3)=NN2C(=O)CON=CC(=O)Nc2ccc(F)cc2F)cc1. The van der Waals surface area contributed by atoms with Crippen molar-refractivity contribution in [2.75, 3.05) is 19.0 Å². The highest BCUT2D eigenvalue weighted by molar-refractivity contribution is 6.31. The van der Waals surface area contributed by atoms with Crippen LogP contribution in [0.1, 0.15) is 23.6 Å². The van der Waals surface area contributed by atoms with Crippen LogP contribution in [0.5, 0.6) is 5.75 Å². The Morgan fingerprint density at radius 2 is 1.86 bits per heavy atom. The first-order valence-electron chi connectivity index (χ1n) is 10.9. The third kappa shape index (κ3) is 5.90. The van der Waals surface area contributed by atoms with Crippen molar-refractivity contribution in [3.63, 3.8) is 0 Å². The van der Waals surface area contributed by atoms with E-state index in [1.54, 1.807) is 7.11 Å².